The number of aliphatic imine (C=N–C) groups is 1. The van der Waals surface area contributed by atoms with Crippen molar-refractivity contribution < 1.29 is 14.8 Å². The summed E-state index contributed by atoms with van der Waals surface area (Å²) in [6.07, 6.45) is 51.5. The fraction of sp³-hybridized carbons (Fsp3) is 0.950. The van der Waals surface area contributed by atoms with E-state index in [1.807, 2.05) is 0 Å². The van der Waals surface area contributed by atoms with Gasteiger partial charge in [0, 0.05) is 6.42 Å². The van der Waals surface area contributed by atoms with Crippen molar-refractivity contribution in [3.8, 4) is 0 Å². The lowest BCUT2D eigenvalue weighted by Gasteiger charge is -2.05. The SMILES string of the molecule is O=C=NCCCCCCCCCCCCCCCCCCCCCCCCCCCCCCCCCCCCCCC(=O)NO. The number of nitrogens with zero attached hydrogens (tertiary/aromatic N) is 1. The molecule has 2 N–H and O–H groups in total. The van der Waals surface area contributed by atoms with E-state index < -0.39 is 0 Å². The largest absolute Gasteiger partial charge is 0.289 e. The van der Waals surface area contributed by atoms with Gasteiger partial charge in [-0.05, 0) is 12.8 Å². The topological polar surface area (TPSA) is 78.8 Å². The van der Waals surface area contributed by atoms with Crippen LogP contribution in [0.5, 0.6) is 0 Å². The number of nitrogens with one attached hydrogen (secondary N) is 1. The number of rotatable bonds is 39. The van der Waals surface area contributed by atoms with E-state index in [1.54, 1.807) is 11.6 Å². The second-order valence-electron chi connectivity index (χ2n) is 14.0. The number of hydrogen-bond acceptors (Lipinski definition) is 4. The molecule has 0 unspecified atom stereocenters. The third-order valence-electron chi connectivity index (χ3n) is 9.61. The van der Waals surface area contributed by atoms with E-state index in [4.69, 9.17) is 5.21 Å². The quantitative estimate of drug-likeness (QED) is 0.0232. The number of hydrogen-bond donors (Lipinski definition) is 2. The Hall–Kier alpha value is -1.19. The predicted octanol–water partition coefficient (Wildman–Crippen LogP) is 13.3. The molecule has 0 saturated heterocycles. The number of amides is 1. The first-order valence-corrected chi connectivity index (χ1v) is 20.3. The van der Waals surface area contributed by atoms with Gasteiger partial charge in [-0.2, -0.15) is 0 Å². The van der Waals surface area contributed by atoms with Gasteiger partial charge >= 0.3 is 0 Å². The molecule has 5 nitrogen and oxygen atoms in total. The van der Waals surface area contributed by atoms with E-state index >= 15 is 0 Å². The van der Waals surface area contributed by atoms with Crippen molar-refractivity contribution in [2.75, 3.05) is 6.54 Å². The lowest BCUT2D eigenvalue weighted by atomic mass is 10.0. The van der Waals surface area contributed by atoms with Crippen molar-refractivity contribution in [2.45, 2.75) is 238 Å². The van der Waals surface area contributed by atoms with Gasteiger partial charge in [0.1, 0.15) is 0 Å². The van der Waals surface area contributed by atoms with Crippen molar-refractivity contribution in [3.63, 3.8) is 0 Å². The third-order valence-corrected chi connectivity index (χ3v) is 9.61. The van der Waals surface area contributed by atoms with E-state index in [0.29, 0.717) is 13.0 Å². The molecule has 0 spiro atoms. The lowest BCUT2D eigenvalue weighted by molar-refractivity contribution is -0.129. The van der Waals surface area contributed by atoms with Gasteiger partial charge in [-0.3, -0.25) is 10.0 Å². The zero-order chi connectivity index (χ0) is 32.6. The fourth-order valence-corrected chi connectivity index (χ4v) is 6.59. The Kier molecular flexibility index (Phi) is 39.8. The normalized spacial score (nSPS) is 11.1. The van der Waals surface area contributed by atoms with Gasteiger partial charge in [0.25, 0.3) is 0 Å². The number of carbonyl (C=O) groups is 1. The molecule has 45 heavy (non-hydrogen) atoms. The first kappa shape index (κ1) is 43.8. The van der Waals surface area contributed by atoms with Crippen molar-refractivity contribution in [1.29, 1.82) is 0 Å². The summed E-state index contributed by atoms with van der Waals surface area (Å²) in [5, 5.41) is 8.47. The zero-order valence-corrected chi connectivity index (χ0v) is 30.1. The molecule has 0 aromatic heterocycles. The molecule has 0 bridgehead atoms. The number of unbranched alkanes of at least 4 members (excludes halogenated alkanes) is 35. The van der Waals surface area contributed by atoms with Crippen LogP contribution >= 0.6 is 0 Å². The highest BCUT2D eigenvalue weighted by Crippen LogP contribution is 2.17. The van der Waals surface area contributed by atoms with Gasteiger partial charge in [0.05, 0.1) is 6.54 Å². The van der Waals surface area contributed by atoms with Crippen LogP contribution in [0.2, 0.25) is 0 Å². The average molecular weight is 635 g/mol. The van der Waals surface area contributed by atoms with Gasteiger partial charge in [-0.1, -0.05) is 218 Å². The summed E-state index contributed by atoms with van der Waals surface area (Å²) < 4.78 is 0. The first-order valence-electron chi connectivity index (χ1n) is 20.3. The maximum Gasteiger partial charge on any atom is 0.243 e. The molecule has 266 valence electrons. The molecule has 0 aliphatic carbocycles. The van der Waals surface area contributed by atoms with Crippen LogP contribution in [0.15, 0.2) is 4.99 Å². The lowest BCUT2D eigenvalue weighted by Crippen LogP contribution is -2.17. The molecule has 0 heterocycles. The minimum atomic E-state index is -0.258. The molecule has 0 atom stereocenters. The van der Waals surface area contributed by atoms with Crippen LogP contribution in [0.3, 0.4) is 0 Å². The minimum Gasteiger partial charge on any atom is -0.289 e. The van der Waals surface area contributed by atoms with Crippen LogP contribution in [-0.2, 0) is 9.59 Å². The fourth-order valence-electron chi connectivity index (χ4n) is 6.59. The molecular weight excluding hydrogens is 556 g/mol. The summed E-state index contributed by atoms with van der Waals surface area (Å²) in [5.41, 5.74) is 1.70. The molecule has 0 radical (unpaired) electrons. The van der Waals surface area contributed by atoms with E-state index in [0.717, 1.165) is 19.3 Å². The summed E-state index contributed by atoms with van der Waals surface area (Å²) in [4.78, 5) is 24.5. The summed E-state index contributed by atoms with van der Waals surface area (Å²) in [5.74, 6) is -0.258. The van der Waals surface area contributed by atoms with Crippen LogP contribution in [0.25, 0.3) is 0 Å². The summed E-state index contributed by atoms with van der Waals surface area (Å²) in [6, 6.07) is 0. The van der Waals surface area contributed by atoms with Crippen molar-refractivity contribution in [2.24, 2.45) is 4.99 Å². The molecule has 0 aliphatic heterocycles. The molecule has 0 rings (SSSR count). The summed E-state index contributed by atoms with van der Waals surface area (Å²) >= 11 is 0. The molecular formula is C40H78N2O3. The average Bonchev–Trinajstić information content (AvgIpc) is 3.05. The van der Waals surface area contributed by atoms with Crippen molar-refractivity contribution >= 4 is 12.0 Å². The molecule has 0 fully saturated rings. The maximum absolute atomic E-state index is 10.9. The highest BCUT2D eigenvalue weighted by Gasteiger charge is 1.99. The van der Waals surface area contributed by atoms with Crippen LogP contribution in [0.4, 0.5) is 0 Å². The zero-order valence-electron chi connectivity index (χ0n) is 30.1. The molecule has 1 amide bonds. The van der Waals surface area contributed by atoms with Gasteiger partial charge < -0.3 is 0 Å². The highest BCUT2D eigenvalue weighted by molar-refractivity contribution is 5.74. The highest BCUT2D eigenvalue weighted by atomic mass is 16.5. The van der Waals surface area contributed by atoms with Crippen LogP contribution in [0.1, 0.15) is 238 Å². The predicted molar refractivity (Wildman–Crippen MR) is 194 cm³/mol. The summed E-state index contributed by atoms with van der Waals surface area (Å²) in [6.45, 7) is 0.663. The number of isocyanates is 1. The Balaban J connectivity index is 3.05. The van der Waals surface area contributed by atoms with Gasteiger partial charge in [-0.25, -0.2) is 15.3 Å². The smallest absolute Gasteiger partial charge is 0.243 e. The Morgan fingerprint density at radius 2 is 0.578 bits per heavy atom. The van der Waals surface area contributed by atoms with Crippen LogP contribution in [0, 0.1) is 0 Å². The Morgan fingerprint density at radius 1 is 0.378 bits per heavy atom. The van der Waals surface area contributed by atoms with E-state index in [1.165, 1.54) is 212 Å². The Bertz CT molecular complexity index is 621. The molecule has 5 heteroatoms. The maximum atomic E-state index is 10.9. The summed E-state index contributed by atoms with van der Waals surface area (Å²) in [7, 11) is 0. The molecule has 0 saturated carbocycles. The Morgan fingerprint density at radius 3 is 0.778 bits per heavy atom. The van der Waals surface area contributed by atoms with Crippen LogP contribution < -0.4 is 5.48 Å². The third kappa shape index (κ3) is 40.8. The van der Waals surface area contributed by atoms with Gasteiger partial charge in [-0.15, -0.1) is 0 Å². The molecule has 0 aromatic rings. The standard InChI is InChI=1S/C40H78N2O3/c43-39-41-38-36-34-32-30-28-26-24-22-20-18-16-14-12-10-8-6-4-2-1-3-5-7-9-11-13-15-17-19-21-23-25-27-29-31-33-35-37-40(44)42-45/h45H,1-38H2,(H,42,44). The van der Waals surface area contributed by atoms with Gasteiger partial charge in [0.2, 0.25) is 12.0 Å². The van der Waals surface area contributed by atoms with Crippen LogP contribution in [-0.4, -0.2) is 23.7 Å². The van der Waals surface area contributed by atoms with Crippen molar-refractivity contribution in [1.82, 2.24) is 5.48 Å². The second kappa shape index (κ2) is 40.8. The number of hydroxylamine groups is 1. The van der Waals surface area contributed by atoms with E-state index in [2.05, 4.69) is 4.99 Å². The first-order chi connectivity index (χ1) is 22.3. The van der Waals surface area contributed by atoms with Gasteiger partial charge in [0.15, 0.2) is 0 Å². The molecule has 0 aromatic carbocycles. The Labute approximate surface area is 280 Å². The number of carbonyl (C=O) groups excluding carboxylic acids is 2. The van der Waals surface area contributed by atoms with E-state index in [9.17, 15) is 9.59 Å². The minimum absolute atomic E-state index is 0.258. The molecule has 0 aliphatic rings. The van der Waals surface area contributed by atoms with Crippen molar-refractivity contribution in [3.05, 3.63) is 0 Å². The second-order valence-corrected chi connectivity index (χ2v) is 14.0. The van der Waals surface area contributed by atoms with E-state index in [-0.39, 0.29) is 5.91 Å². The monoisotopic (exact) mass is 635 g/mol.